The van der Waals surface area contributed by atoms with Crippen molar-refractivity contribution in [3.05, 3.63) is 71.3 Å². The molecule has 0 fully saturated rings. The zero-order valence-electron chi connectivity index (χ0n) is 16.1. The lowest BCUT2D eigenvalue weighted by Crippen LogP contribution is -2.35. The van der Waals surface area contributed by atoms with Crippen LogP contribution in [0.4, 0.5) is 0 Å². The monoisotopic (exact) mass is 376 g/mol. The summed E-state index contributed by atoms with van der Waals surface area (Å²) < 4.78 is 0. The molecule has 0 amide bonds. The highest BCUT2D eigenvalue weighted by Crippen LogP contribution is 2.34. The predicted molar refractivity (Wildman–Crippen MR) is 113 cm³/mol. The van der Waals surface area contributed by atoms with Gasteiger partial charge in [0.1, 0.15) is 5.82 Å². The van der Waals surface area contributed by atoms with Crippen LogP contribution in [0.15, 0.2) is 54.2 Å². The lowest BCUT2D eigenvalue weighted by molar-refractivity contribution is 0.176. The largest absolute Gasteiger partial charge is 0.341 e. The number of imidazole rings is 1. The maximum Gasteiger partial charge on any atom is 0.121 e. The summed E-state index contributed by atoms with van der Waals surface area (Å²) in [6.07, 6.45) is 7.29. The molecule has 0 aliphatic heterocycles. The van der Waals surface area contributed by atoms with Gasteiger partial charge in [-0.2, -0.15) is 0 Å². The van der Waals surface area contributed by atoms with Gasteiger partial charge < -0.3 is 16.5 Å². The van der Waals surface area contributed by atoms with Gasteiger partial charge in [0.25, 0.3) is 0 Å². The average molecular weight is 377 g/mol. The Labute approximate surface area is 165 Å². The third kappa shape index (κ3) is 3.99. The van der Waals surface area contributed by atoms with Gasteiger partial charge in [-0.25, -0.2) is 4.98 Å². The number of aryl methyl sites for hydroxylation is 1. The number of nitrogens with zero attached hydrogens (tertiary/aromatic N) is 3. The van der Waals surface area contributed by atoms with Crippen LogP contribution in [0.1, 0.15) is 36.0 Å². The van der Waals surface area contributed by atoms with E-state index in [9.17, 15) is 0 Å². The van der Waals surface area contributed by atoms with Crippen molar-refractivity contribution < 1.29 is 0 Å². The summed E-state index contributed by atoms with van der Waals surface area (Å²) in [6, 6.07) is 12.6. The molecule has 6 nitrogen and oxygen atoms in total. The maximum absolute atomic E-state index is 6.00. The van der Waals surface area contributed by atoms with E-state index >= 15 is 0 Å². The number of aromatic amines is 1. The molecular weight excluding hydrogens is 348 g/mol. The van der Waals surface area contributed by atoms with Crippen molar-refractivity contribution in [2.45, 2.75) is 31.8 Å². The first-order chi connectivity index (χ1) is 13.8. The minimum absolute atomic E-state index is 0.255. The molecule has 2 heterocycles. The number of aromatic nitrogens is 3. The molecule has 28 heavy (non-hydrogen) atoms. The quantitative estimate of drug-likeness (QED) is 0.551. The van der Waals surface area contributed by atoms with E-state index in [4.69, 9.17) is 21.4 Å². The molecule has 1 aliphatic rings. The molecular formula is C22H28N6. The number of H-pyrrole nitrogens is 1. The Morgan fingerprint density at radius 3 is 2.93 bits per heavy atom. The van der Waals surface area contributed by atoms with Crippen LogP contribution in [0.3, 0.4) is 0 Å². The molecule has 0 bridgehead atoms. The SMILES string of the molecule is NCC=C(CN)CN(Cc1nc2ccccc2[nH]1)C1CCCc2cccnc21. The molecule has 1 aliphatic carbocycles. The number of hydrogen-bond donors (Lipinski definition) is 3. The highest BCUT2D eigenvalue weighted by Gasteiger charge is 2.28. The molecule has 0 radical (unpaired) electrons. The minimum Gasteiger partial charge on any atom is -0.341 e. The molecule has 0 saturated heterocycles. The van der Waals surface area contributed by atoms with Crippen molar-refractivity contribution >= 4 is 11.0 Å². The van der Waals surface area contributed by atoms with Gasteiger partial charge in [0.2, 0.25) is 0 Å². The van der Waals surface area contributed by atoms with E-state index in [-0.39, 0.29) is 6.04 Å². The van der Waals surface area contributed by atoms with Crippen LogP contribution in [0.25, 0.3) is 11.0 Å². The number of pyridine rings is 1. The fourth-order valence-corrected chi connectivity index (χ4v) is 4.13. The second-order valence-corrected chi connectivity index (χ2v) is 7.36. The summed E-state index contributed by atoms with van der Waals surface area (Å²) in [4.78, 5) is 15.4. The summed E-state index contributed by atoms with van der Waals surface area (Å²) in [6.45, 7) is 2.50. The average Bonchev–Trinajstić information content (AvgIpc) is 3.15. The number of benzene rings is 1. The summed E-state index contributed by atoms with van der Waals surface area (Å²) in [5.74, 6) is 0.966. The number of rotatable bonds is 7. The van der Waals surface area contributed by atoms with Crippen molar-refractivity contribution in [2.24, 2.45) is 11.5 Å². The molecule has 0 saturated carbocycles. The van der Waals surface area contributed by atoms with Crippen LogP contribution in [0.5, 0.6) is 0 Å². The molecule has 6 heteroatoms. The van der Waals surface area contributed by atoms with Crippen LogP contribution in [0, 0.1) is 0 Å². The lowest BCUT2D eigenvalue weighted by Gasteiger charge is -2.35. The van der Waals surface area contributed by atoms with Gasteiger partial charge in [-0.15, -0.1) is 0 Å². The first-order valence-corrected chi connectivity index (χ1v) is 9.98. The molecule has 1 unspecified atom stereocenters. The fourth-order valence-electron chi connectivity index (χ4n) is 4.13. The second kappa shape index (κ2) is 8.65. The first-order valence-electron chi connectivity index (χ1n) is 9.98. The molecule has 1 atom stereocenters. The summed E-state index contributed by atoms with van der Waals surface area (Å²) in [5.41, 5.74) is 17.5. The van der Waals surface area contributed by atoms with E-state index in [0.717, 1.165) is 48.4 Å². The Balaban J connectivity index is 1.67. The highest BCUT2D eigenvalue weighted by atomic mass is 15.2. The second-order valence-electron chi connectivity index (χ2n) is 7.36. The Morgan fingerprint density at radius 2 is 2.11 bits per heavy atom. The van der Waals surface area contributed by atoms with E-state index in [2.05, 4.69) is 22.0 Å². The van der Waals surface area contributed by atoms with E-state index in [1.165, 1.54) is 17.7 Å². The third-order valence-electron chi connectivity index (χ3n) is 5.47. The number of nitrogens with two attached hydrogens (primary N) is 2. The van der Waals surface area contributed by atoms with E-state index in [1.807, 2.05) is 36.5 Å². The minimum atomic E-state index is 0.255. The van der Waals surface area contributed by atoms with Crippen LogP contribution < -0.4 is 11.5 Å². The number of fused-ring (bicyclic) bond motifs is 2. The third-order valence-corrected chi connectivity index (χ3v) is 5.47. The van der Waals surface area contributed by atoms with Crippen molar-refractivity contribution in [1.29, 1.82) is 0 Å². The van der Waals surface area contributed by atoms with Crippen molar-refractivity contribution in [2.75, 3.05) is 19.6 Å². The van der Waals surface area contributed by atoms with Gasteiger partial charge in [0.05, 0.1) is 29.3 Å². The summed E-state index contributed by atoms with van der Waals surface area (Å²) in [5, 5.41) is 0. The molecule has 3 aromatic rings. The van der Waals surface area contributed by atoms with Gasteiger partial charge in [-0.05, 0) is 48.6 Å². The van der Waals surface area contributed by atoms with Crippen LogP contribution in [0.2, 0.25) is 0 Å². The highest BCUT2D eigenvalue weighted by molar-refractivity contribution is 5.74. The Hall–Kier alpha value is -2.54. The summed E-state index contributed by atoms with van der Waals surface area (Å²) >= 11 is 0. The number of para-hydroxylation sites is 2. The predicted octanol–water partition coefficient (Wildman–Crippen LogP) is 2.68. The zero-order valence-corrected chi connectivity index (χ0v) is 16.1. The topological polar surface area (TPSA) is 96.9 Å². The van der Waals surface area contributed by atoms with Crippen LogP contribution >= 0.6 is 0 Å². The van der Waals surface area contributed by atoms with Crippen molar-refractivity contribution in [1.82, 2.24) is 19.9 Å². The standard InChI is InChI=1S/C22H28N6/c23-11-10-16(13-24)14-28(15-21-26-18-7-1-2-8-19(18)27-21)20-9-3-5-17-6-4-12-25-22(17)20/h1-2,4,6-8,10,12,20H,3,5,9,11,13-15,23-24H2,(H,26,27). The molecule has 2 aromatic heterocycles. The number of hydrogen-bond acceptors (Lipinski definition) is 5. The molecule has 4 rings (SSSR count). The zero-order chi connectivity index (χ0) is 19.3. The van der Waals surface area contributed by atoms with E-state index < -0.39 is 0 Å². The number of nitrogens with one attached hydrogen (secondary N) is 1. The molecule has 146 valence electrons. The van der Waals surface area contributed by atoms with Gasteiger partial charge in [0.15, 0.2) is 0 Å². The molecule has 1 aromatic carbocycles. The molecule has 5 N–H and O–H groups in total. The lowest BCUT2D eigenvalue weighted by atomic mass is 9.90. The van der Waals surface area contributed by atoms with Gasteiger partial charge >= 0.3 is 0 Å². The molecule has 0 spiro atoms. The van der Waals surface area contributed by atoms with Gasteiger partial charge in [-0.3, -0.25) is 9.88 Å². The van der Waals surface area contributed by atoms with Gasteiger partial charge in [-0.1, -0.05) is 24.3 Å². The Kier molecular flexibility index (Phi) is 5.81. The first kappa shape index (κ1) is 18.8. The Morgan fingerprint density at radius 1 is 1.21 bits per heavy atom. The van der Waals surface area contributed by atoms with Crippen molar-refractivity contribution in [3.8, 4) is 0 Å². The maximum atomic E-state index is 6.00. The normalized spacial score (nSPS) is 17.2. The smallest absolute Gasteiger partial charge is 0.121 e. The fraction of sp³-hybridized carbons (Fsp3) is 0.364. The van der Waals surface area contributed by atoms with E-state index in [1.54, 1.807) is 0 Å². The summed E-state index contributed by atoms with van der Waals surface area (Å²) in [7, 11) is 0. The van der Waals surface area contributed by atoms with Crippen LogP contribution in [-0.2, 0) is 13.0 Å². The Bertz CT molecular complexity index is 927. The van der Waals surface area contributed by atoms with Gasteiger partial charge in [0, 0.05) is 25.8 Å². The van der Waals surface area contributed by atoms with Crippen molar-refractivity contribution in [3.63, 3.8) is 0 Å². The van der Waals surface area contributed by atoms with Crippen LogP contribution in [-0.4, -0.2) is 39.5 Å². The van der Waals surface area contributed by atoms with E-state index in [0.29, 0.717) is 13.1 Å².